The Morgan fingerprint density at radius 3 is 2.46 bits per heavy atom. The van der Waals surface area contributed by atoms with Crippen molar-refractivity contribution in [2.24, 2.45) is 0 Å². The molecule has 26 heavy (non-hydrogen) atoms. The van der Waals surface area contributed by atoms with E-state index in [-0.39, 0.29) is 20.5 Å². The van der Waals surface area contributed by atoms with E-state index in [1.54, 1.807) is 18.2 Å². The standard InChI is InChI=1S/C18H9F2N3OS2/c1-10-2-4-13(25-10)7-16-17(24)23(18(26-16)11(8-21)9-22)15-5-3-12(19)6-14(15)20/h2-7H,1H3. The Labute approximate surface area is 154 Å². The normalized spacial score (nSPS) is 11.2. The zero-order chi connectivity index (χ0) is 18.8. The molecule has 1 aromatic carbocycles. The monoisotopic (exact) mass is 385 g/mol. The van der Waals surface area contributed by atoms with E-state index in [2.05, 4.69) is 0 Å². The number of benzene rings is 1. The summed E-state index contributed by atoms with van der Waals surface area (Å²) in [4.78, 5) is 14.7. The summed E-state index contributed by atoms with van der Waals surface area (Å²) in [5, 5.41) is 18.4. The summed E-state index contributed by atoms with van der Waals surface area (Å²) >= 11 is 2.38. The van der Waals surface area contributed by atoms with Crippen molar-refractivity contribution in [1.82, 2.24) is 4.57 Å². The zero-order valence-electron chi connectivity index (χ0n) is 13.3. The van der Waals surface area contributed by atoms with E-state index >= 15 is 0 Å². The van der Waals surface area contributed by atoms with Crippen molar-refractivity contribution in [3.05, 3.63) is 71.3 Å². The number of thiazole rings is 1. The second-order valence-corrected chi connectivity index (χ2v) is 7.55. The highest BCUT2D eigenvalue weighted by atomic mass is 32.1. The third kappa shape index (κ3) is 3.21. The molecule has 2 aromatic heterocycles. The summed E-state index contributed by atoms with van der Waals surface area (Å²) in [6, 6.07) is 9.92. The number of rotatable bonds is 2. The van der Waals surface area contributed by atoms with Gasteiger partial charge in [-0.3, -0.25) is 9.36 Å². The summed E-state index contributed by atoms with van der Waals surface area (Å²) in [6.07, 6.45) is 1.62. The molecule has 0 N–H and O–H groups in total. The van der Waals surface area contributed by atoms with Crippen LogP contribution in [0.15, 0.2) is 35.1 Å². The number of hydrogen-bond acceptors (Lipinski definition) is 5. The second-order valence-electron chi connectivity index (χ2n) is 5.20. The van der Waals surface area contributed by atoms with E-state index in [4.69, 9.17) is 0 Å². The first-order valence-corrected chi connectivity index (χ1v) is 8.88. The number of halogens is 2. The molecule has 8 heteroatoms. The fourth-order valence-electron chi connectivity index (χ4n) is 2.31. The Morgan fingerprint density at radius 2 is 1.88 bits per heavy atom. The van der Waals surface area contributed by atoms with Gasteiger partial charge >= 0.3 is 0 Å². The van der Waals surface area contributed by atoms with Crippen molar-refractivity contribution < 1.29 is 8.78 Å². The Morgan fingerprint density at radius 1 is 1.15 bits per heavy atom. The molecular formula is C18H9F2N3OS2. The van der Waals surface area contributed by atoms with Crippen molar-refractivity contribution in [3.63, 3.8) is 0 Å². The lowest BCUT2D eigenvalue weighted by Gasteiger charge is -2.03. The maximum absolute atomic E-state index is 14.2. The van der Waals surface area contributed by atoms with Gasteiger partial charge in [0.15, 0.2) is 5.57 Å². The van der Waals surface area contributed by atoms with E-state index < -0.39 is 17.2 Å². The molecule has 0 aliphatic heterocycles. The van der Waals surface area contributed by atoms with Crippen molar-refractivity contribution in [2.45, 2.75) is 6.92 Å². The van der Waals surface area contributed by atoms with Crippen molar-refractivity contribution in [1.29, 1.82) is 10.5 Å². The summed E-state index contributed by atoms with van der Waals surface area (Å²) in [5.41, 5.74) is -1.12. The lowest BCUT2D eigenvalue weighted by molar-refractivity contribution is 0.576. The average molecular weight is 385 g/mol. The highest BCUT2D eigenvalue weighted by Crippen LogP contribution is 2.16. The highest BCUT2D eigenvalue weighted by Gasteiger charge is 2.15. The van der Waals surface area contributed by atoms with Crippen LogP contribution < -0.4 is 14.8 Å². The summed E-state index contributed by atoms with van der Waals surface area (Å²) < 4.78 is 28.6. The van der Waals surface area contributed by atoms with E-state index in [1.165, 1.54) is 11.3 Å². The zero-order valence-corrected chi connectivity index (χ0v) is 14.9. The van der Waals surface area contributed by atoms with Crippen LogP contribution >= 0.6 is 22.7 Å². The molecule has 4 nitrogen and oxygen atoms in total. The molecule has 0 spiro atoms. The Balaban J connectivity index is 2.43. The van der Waals surface area contributed by atoms with E-state index in [1.807, 2.05) is 19.1 Å². The fraction of sp³-hybridized carbons (Fsp3) is 0.0556. The molecule has 0 amide bonds. The lowest BCUT2D eigenvalue weighted by atomic mass is 10.3. The van der Waals surface area contributed by atoms with E-state index in [0.29, 0.717) is 6.07 Å². The van der Waals surface area contributed by atoms with Crippen molar-refractivity contribution in [3.8, 4) is 17.8 Å². The van der Waals surface area contributed by atoms with Crippen molar-refractivity contribution >= 4 is 34.3 Å². The van der Waals surface area contributed by atoms with Gasteiger partial charge in [0.1, 0.15) is 28.4 Å². The SMILES string of the molecule is Cc1ccc(C=c2sc(=C(C#N)C#N)n(-c3ccc(F)cc3F)c2=O)s1. The third-order valence-electron chi connectivity index (χ3n) is 3.45. The number of thiophene rings is 1. The molecule has 0 bridgehead atoms. The van der Waals surface area contributed by atoms with Gasteiger partial charge in [-0.1, -0.05) is 0 Å². The van der Waals surface area contributed by atoms with Gasteiger partial charge < -0.3 is 0 Å². The molecule has 0 unspecified atom stereocenters. The van der Waals surface area contributed by atoms with Crippen LogP contribution in [0.4, 0.5) is 8.78 Å². The van der Waals surface area contributed by atoms with Crippen LogP contribution in [-0.4, -0.2) is 4.57 Å². The third-order valence-corrected chi connectivity index (χ3v) is 5.49. The number of hydrogen-bond donors (Lipinski definition) is 0. The molecule has 0 radical (unpaired) electrons. The van der Waals surface area contributed by atoms with Crippen LogP contribution in [0, 0.1) is 41.2 Å². The quantitative estimate of drug-likeness (QED) is 0.681. The number of nitriles is 2. The Bertz CT molecular complexity index is 1250. The molecule has 2 heterocycles. The molecule has 128 valence electrons. The molecule has 0 saturated carbocycles. The van der Waals surface area contributed by atoms with Crippen LogP contribution in [0.5, 0.6) is 0 Å². The van der Waals surface area contributed by atoms with Gasteiger partial charge in [-0.15, -0.1) is 22.7 Å². The predicted octanol–water partition coefficient (Wildman–Crippen LogP) is 2.57. The lowest BCUT2D eigenvalue weighted by Crippen LogP contribution is -2.31. The van der Waals surface area contributed by atoms with Crippen molar-refractivity contribution in [2.75, 3.05) is 0 Å². The summed E-state index contributed by atoms with van der Waals surface area (Å²) in [5.74, 6) is -1.75. The summed E-state index contributed by atoms with van der Waals surface area (Å²) in [7, 11) is 0. The first-order valence-electron chi connectivity index (χ1n) is 7.24. The number of aryl methyl sites for hydroxylation is 1. The largest absolute Gasteiger partial charge is 0.273 e. The Hall–Kier alpha value is -3.07. The molecule has 3 rings (SSSR count). The van der Waals surface area contributed by atoms with E-state index in [0.717, 1.165) is 37.8 Å². The minimum absolute atomic E-state index is 0.00466. The average Bonchev–Trinajstić information content (AvgIpc) is 3.14. The van der Waals surface area contributed by atoms with Gasteiger partial charge in [0.25, 0.3) is 5.56 Å². The van der Waals surface area contributed by atoms with Crippen LogP contribution in [0.3, 0.4) is 0 Å². The van der Waals surface area contributed by atoms with Crippen LogP contribution in [-0.2, 0) is 0 Å². The van der Waals surface area contributed by atoms with Crippen LogP contribution in [0.1, 0.15) is 9.75 Å². The predicted molar refractivity (Wildman–Crippen MR) is 96.3 cm³/mol. The molecule has 0 atom stereocenters. The molecule has 3 aromatic rings. The van der Waals surface area contributed by atoms with Gasteiger partial charge in [-0.25, -0.2) is 8.78 Å². The molecule has 0 fully saturated rings. The van der Waals surface area contributed by atoms with Gasteiger partial charge in [0, 0.05) is 15.8 Å². The number of aromatic nitrogens is 1. The molecular weight excluding hydrogens is 376 g/mol. The first kappa shape index (κ1) is 17.7. The topological polar surface area (TPSA) is 69.6 Å². The van der Waals surface area contributed by atoms with Crippen LogP contribution in [0.25, 0.3) is 17.3 Å². The maximum Gasteiger partial charge on any atom is 0.273 e. The minimum atomic E-state index is -0.958. The highest BCUT2D eigenvalue weighted by molar-refractivity contribution is 7.13. The Kier molecular flexibility index (Phi) is 4.81. The molecule has 0 saturated heterocycles. The number of nitrogens with zero attached hydrogens (tertiary/aromatic N) is 3. The van der Waals surface area contributed by atoms with Gasteiger partial charge in [0.2, 0.25) is 0 Å². The summed E-state index contributed by atoms with van der Waals surface area (Å²) in [6.45, 7) is 1.92. The molecule has 0 aliphatic rings. The van der Waals surface area contributed by atoms with E-state index in [9.17, 15) is 24.1 Å². The maximum atomic E-state index is 14.2. The van der Waals surface area contributed by atoms with Crippen LogP contribution in [0.2, 0.25) is 0 Å². The second kappa shape index (κ2) is 7.04. The minimum Gasteiger partial charge on any atom is -0.267 e. The molecule has 0 aliphatic carbocycles. The van der Waals surface area contributed by atoms with Gasteiger partial charge in [-0.05, 0) is 37.3 Å². The fourth-order valence-corrected chi connectivity index (χ4v) is 4.25. The smallest absolute Gasteiger partial charge is 0.267 e. The first-order chi connectivity index (χ1) is 12.4. The van der Waals surface area contributed by atoms with Gasteiger partial charge in [0.05, 0.1) is 10.2 Å². The van der Waals surface area contributed by atoms with Gasteiger partial charge in [-0.2, -0.15) is 10.5 Å².